The van der Waals surface area contributed by atoms with Crippen molar-refractivity contribution in [2.45, 2.75) is 25.7 Å². The molecule has 0 aromatic heterocycles. The Morgan fingerprint density at radius 2 is 1.67 bits per heavy atom. The van der Waals surface area contributed by atoms with Crippen LogP contribution < -0.4 is 0 Å². The molecule has 2 rings (SSSR count). The number of allylic oxidation sites excluding steroid dienone is 1. The lowest BCUT2D eigenvalue weighted by Gasteiger charge is -2.10. The van der Waals surface area contributed by atoms with Crippen LogP contribution in [0.2, 0.25) is 0 Å². The fraction of sp³-hybridized carbons (Fsp3) is 0.167. The van der Waals surface area contributed by atoms with Gasteiger partial charge in [0, 0.05) is 8.95 Å². The lowest BCUT2D eigenvalue weighted by atomic mass is 9.99. The highest BCUT2D eigenvalue weighted by Crippen LogP contribution is 2.31. The maximum atomic E-state index is 12.9. The maximum Gasteiger partial charge on any atom is 0.217 e. The zero-order valence-electron chi connectivity index (χ0n) is 13.4. The molecule has 0 aliphatic carbocycles. The van der Waals surface area contributed by atoms with E-state index in [9.17, 15) is 13.7 Å². The van der Waals surface area contributed by atoms with E-state index in [-0.39, 0.29) is 9.80 Å². The summed E-state index contributed by atoms with van der Waals surface area (Å²) in [6.07, 6.45) is 1.45. The topological polar surface area (TPSA) is 57.9 Å². The minimum Gasteiger partial charge on any atom is -0.218 e. The molecular weight excluding hydrogens is 454 g/mol. The SMILES string of the molecule is Cc1cc(C)c(C=C(C#N)S(=O)(=O)c2cc(Br)ccc2Br)c(C)c1. The molecule has 0 N–H and O–H groups in total. The zero-order chi connectivity index (χ0) is 18.1. The van der Waals surface area contributed by atoms with E-state index >= 15 is 0 Å². The smallest absolute Gasteiger partial charge is 0.217 e. The van der Waals surface area contributed by atoms with Crippen molar-refractivity contribution in [3.05, 3.63) is 66.4 Å². The number of halogens is 2. The van der Waals surface area contributed by atoms with Crippen molar-refractivity contribution in [2.24, 2.45) is 0 Å². The molecule has 3 nitrogen and oxygen atoms in total. The van der Waals surface area contributed by atoms with Crippen molar-refractivity contribution < 1.29 is 8.42 Å². The van der Waals surface area contributed by atoms with Gasteiger partial charge < -0.3 is 0 Å². The molecule has 0 amide bonds. The van der Waals surface area contributed by atoms with E-state index in [4.69, 9.17) is 0 Å². The first-order valence-electron chi connectivity index (χ1n) is 7.06. The third-order valence-electron chi connectivity index (χ3n) is 3.60. The summed E-state index contributed by atoms with van der Waals surface area (Å²) < 4.78 is 26.8. The summed E-state index contributed by atoms with van der Waals surface area (Å²) in [7, 11) is -3.92. The summed E-state index contributed by atoms with van der Waals surface area (Å²) in [5.74, 6) is 0. The average molecular weight is 469 g/mol. The Hall–Kier alpha value is -1.42. The van der Waals surface area contributed by atoms with Crippen LogP contribution in [0.5, 0.6) is 0 Å². The normalized spacial score (nSPS) is 12.1. The van der Waals surface area contributed by atoms with E-state index in [1.807, 2.05) is 39.0 Å². The van der Waals surface area contributed by atoms with E-state index in [1.165, 1.54) is 12.1 Å². The third kappa shape index (κ3) is 3.80. The summed E-state index contributed by atoms with van der Waals surface area (Å²) in [5.41, 5.74) is 3.72. The van der Waals surface area contributed by atoms with E-state index in [2.05, 4.69) is 31.9 Å². The Morgan fingerprint density at radius 1 is 1.08 bits per heavy atom. The van der Waals surface area contributed by atoms with Gasteiger partial charge in [-0.25, -0.2) is 8.42 Å². The van der Waals surface area contributed by atoms with Gasteiger partial charge in [0.1, 0.15) is 11.0 Å². The Balaban J connectivity index is 2.68. The molecule has 2 aromatic carbocycles. The molecule has 0 heterocycles. The molecular formula is C18H15Br2NO2S. The molecule has 0 spiro atoms. The van der Waals surface area contributed by atoms with Gasteiger partial charge in [-0.15, -0.1) is 0 Å². The van der Waals surface area contributed by atoms with Gasteiger partial charge in [0.05, 0.1) is 4.90 Å². The maximum absolute atomic E-state index is 12.9. The second kappa shape index (κ2) is 7.22. The highest BCUT2D eigenvalue weighted by atomic mass is 79.9. The third-order valence-corrected chi connectivity index (χ3v) is 6.75. The molecule has 124 valence electrons. The van der Waals surface area contributed by atoms with Crippen LogP contribution >= 0.6 is 31.9 Å². The van der Waals surface area contributed by atoms with E-state index in [1.54, 1.807) is 12.1 Å². The van der Waals surface area contributed by atoms with Gasteiger partial charge in [0.25, 0.3) is 0 Å². The van der Waals surface area contributed by atoms with Crippen molar-refractivity contribution in [3.63, 3.8) is 0 Å². The van der Waals surface area contributed by atoms with Crippen LogP contribution in [0.3, 0.4) is 0 Å². The van der Waals surface area contributed by atoms with Crippen molar-refractivity contribution in [3.8, 4) is 6.07 Å². The Labute approximate surface area is 159 Å². The molecule has 0 atom stereocenters. The van der Waals surface area contributed by atoms with Crippen LogP contribution in [0, 0.1) is 32.1 Å². The molecule has 0 aliphatic rings. The quantitative estimate of drug-likeness (QED) is 0.560. The van der Waals surface area contributed by atoms with E-state index < -0.39 is 9.84 Å². The van der Waals surface area contributed by atoms with Crippen molar-refractivity contribution in [1.29, 1.82) is 5.26 Å². The van der Waals surface area contributed by atoms with Crippen LogP contribution in [-0.4, -0.2) is 8.42 Å². The predicted octanol–water partition coefficient (Wildman–Crippen LogP) is 5.48. The standard InChI is InChI=1S/C18H15Br2NO2S/c1-11-6-12(2)16(13(3)7-11)9-15(10-21)24(22,23)18-8-14(19)4-5-17(18)20/h4-9H,1-3H3. The van der Waals surface area contributed by atoms with Gasteiger partial charge in [0.2, 0.25) is 9.84 Å². The summed E-state index contributed by atoms with van der Waals surface area (Å²) in [5, 5.41) is 9.46. The molecule has 2 aromatic rings. The number of nitriles is 1. The average Bonchev–Trinajstić information content (AvgIpc) is 2.48. The van der Waals surface area contributed by atoms with E-state index in [0.29, 0.717) is 8.95 Å². The number of aryl methyl sites for hydroxylation is 3. The number of hydrogen-bond donors (Lipinski definition) is 0. The summed E-state index contributed by atoms with van der Waals surface area (Å²) in [4.78, 5) is -0.219. The zero-order valence-corrected chi connectivity index (χ0v) is 17.4. The largest absolute Gasteiger partial charge is 0.218 e. The Kier molecular flexibility index (Phi) is 5.69. The van der Waals surface area contributed by atoms with Crippen LogP contribution in [0.15, 0.2) is 49.1 Å². The molecule has 0 bridgehead atoms. The second-order valence-electron chi connectivity index (χ2n) is 5.51. The van der Waals surface area contributed by atoms with Gasteiger partial charge >= 0.3 is 0 Å². The second-order valence-corrected chi connectivity index (χ2v) is 9.17. The van der Waals surface area contributed by atoms with Gasteiger partial charge in [0.15, 0.2) is 0 Å². The molecule has 0 saturated heterocycles. The Morgan fingerprint density at radius 3 is 2.21 bits per heavy atom. The van der Waals surface area contributed by atoms with Gasteiger partial charge in [-0.05, 0) is 77.7 Å². The first-order chi connectivity index (χ1) is 11.2. The highest BCUT2D eigenvalue weighted by molar-refractivity contribution is 9.11. The first kappa shape index (κ1) is 18.9. The number of rotatable bonds is 3. The fourth-order valence-corrected chi connectivity index (χ4v) is 5.16. The highest BCUT2D eigenvalue weighted by Gasteiger charge is 2.24. The predicted molar refractivity (Wildman–Crippen MR) is 103 cm³/mol. The minimum atomic E-state index is -3.92. The van der Waals surface area contributed by atoms with E-state index in [0.717, 1.165) is 22.3 Å². The molecule has 0 aliphatic heterocycles. The summed E-state index contributed by atoms with van der Waals surface area (Å²) >= 11 is 6.52. The summed E-state index contributed by atoms with van der Waals surface area (Å²) in [6, 6.07) is 10.6. The van der Waals surface area contributed by atoms with Gasteiger partial charge in [-0.3, -0.25) is 0 Å². The number of nitrogens with zero attached hydrogens (tertiary/aromatic N) is 1. The first-order valence-corrected chi connectivity index (χ1v) is 10.1. The summed E-state index contributed by atoms with van der Waals surface area (Å²) in [6.45, 7) is 5.79. The molecule has 0 radical (unpaired) electrons. The minimum absolute atomic E-state index is 0.0621. The molecule has 6 heteroatoms. The Bertz CT molecular complexity index is 964. The van der Waals surface area contributed by atoms with Crippen LogP contribution in [0.25, 0.3) is 6.08 Å². The van der Waals surface area contributed by atoms with Gasteiger partial charge in [-0.2, -0.15) is 5.26 Å². The molecule has 0 saturated carbocycles. The molecule has 24 heavy (non-hydrogen) atoms. The van der Waals surface area contributed by atoms with Crippen LogP contribution in [0.4, 0.5) is 0 Å². The molecule has 0 fully saturated rings. The number of sulfone groups is 1. The monoisotopic (exact) mass is 467 g/mol. The van der Waals surface area contributed by atoms with Crippen LogP contribution in [0.1, 0.15) is 22.3 Å². The lowest BCUT2D eigenvalue weighted by molar-refractivity contribution is 0.603. The fourth-order valence-electron chi connectivity index (χ4n) is 2.52. The lowest BCUT2D eigenvalue weighted by Crippen LogP contribution is -2.05. The van der Waals surface area contributed by atoms with Crippen molar-refractivity contribution in [2.75, 3.05) is 0 Å². The van der Waals surface area contributed by atoms with Crippen LogP contribution in [-0.2, 0) is 9.84 Å². The van der Waals surface area contributed by atoms with Crippen molar-refractivity contribution in [1.82, 2.24) is 0 Å². The number of benzene rings is 2. The molecule has 0 unspecified atom stereocenters. The van der Waals surface area contributed by atoms with Crippen molar-refractivity contribution >= 4 is 47.8 Å². The number of hydrogen-bond acceptors (Lipinski definition) is 3. The van der Waals surface area contributed by atoms with Gasteiger partial charge in [-0.1, -0.05) is 33.6 Å².